The Bertz CT molecular complexity index is 255. The van der Waals surface area contributed by atoms with Gasteiger partial charge >= 0.3 is 6.18 Å². The lowest BCUT2D eigenvalue weighted by molar-refractivity contribution is -0.137. The normalized spacial score (nSPS) is 33.4. The first-order valence-electron chi connectivity index (χ1n) is 6.44. The molecule has 1 saturated carbocycles. The van der Waals surface area contributed by atoms with Gasteiger partial charge in [-0.3, -0.25) is 0 Å². The molecule has 1 aliphatic carbocycles. The van der Waals surface area contributed by atoms with Gasteiger partial charge in [0.1, 0.15) is 0 Å². The van der Waals surface area contributed by atoms with E-state index in [-0.39, 0.29) is 6.54 Å². The molecule has 2 fully saturated rings. The van der Waals surface area contributed by atoms with Gasteiger partial charge < -0.3 is 10.2 Å². The molecule has 0 aromatic carbocycles. The second kappa shape index (κ2) is 5.14. The van der Waals surface area contributed by atoms with Gasteiger partial charge in [0.05, 0.1) is 6.42 Å². The fraction of sp³-hybridized carbons (Fsp3) is 1.00. The van der Waals surface area contributed by atoms with Gasteiger partial charge in [-0.15, -0.1) is 0 Å². The molecule has 0 amide bonds. The maximum absolute atomic E-state index is 12.1. The van der Waals surface area contributed by atoms with E-state index in [9.17, 15) is 13.2 Å². The summed E-state index contributed by atoms with van der Waals surface area (Å²) < 4.78 is 36.3. The minimum absolute atomic E-state index is 0.110. The van der Waals surface area contributed by atoms with Crippen molar-refractivity contribution in [1.29, 1.82) is 0 Å². The van der Waals surface area contributed by atoms with E-state index in [0.29, 0.717) is 12.0 Å². The van der Waals surface area contributed by atoms with Crippen LogP contribution in [0.15, 0.2) is 0 Å². The maximum Gasteiger partial charge on any atom is 0.390 e. The topological polar surface area (TPSA) is 15.3 Å². The Kier molecular flexibility index (Phi) is 3.98. The Morgan fingerprint density at radius 3 is 2.76 bits per heavy atom. The van der Waals surface area contributed by atoms with Crippen molar-refractivity contribution in [3.8, 4) is 0 Å². The van der Waals surface area contributed by atoms with Crippen molar-refractivity contribution in [2.75, 3.05) is 26.7 Å². The maximum atomic E-state index is 12.1. The van der Waals surface area contributed by atoms with Gasteiger partial charge in [-0.2, -0.15) is 13.2 Å². The second-order valence-corrected chi connectivity index (χ2v) is 5.50. The van der Waals surface area contributed by atoms with Crippen molar-refractivity contribution in [1.82, 2.24) is 10.2 Å². The summed E-state index contributed by atoms with van der Waals surface area (Å²) in [6.45, 7) is 1.92. The molecule has 2 rings (SSSR count). The van der Waals surface area contributed by atoms with Crippen LogP contribution in [0.2, 0.25) is 0 Å². The van der Waals surface area contributed by atoms with E-state index >= 15 is 0 Å². The van der Waals surface area contributed by atoms with Crippen molar-refractivity contribution in [3.63, 3.8) is 0 Å². The lowest BCUT2D eigenvalue weighted by atomic mass is 9.94. The van der Waals surface area contributed by atoms with Crippen LogP contribution in [-0.2, 0) is 0 Å². The monoisotopic (exact) mass is 250 g/mol. The summed E-state index contributed by atoms with van der Waals surface area (Å²) >= 11 is 0. The van der Waals surface area contributed by atoms with Gasteiger partial charge in [0.2, 0.25) is 0 Å². The minimum Gasteiger partial charge on any atom is -0.312 e. The van der Waals surface area contributed by atoms with E-state index in [1.54, 1.807) is 7.05 Å². The zero-order chi connectivity index (χ0) is 12.5. The second-order valence-electron chi connectivity index (χ2n) is 5.50. The average Bonchev–Trinajstić information content (AvgIpc) is 2.79. The summed E-state index contributed by atoms with van der Waals surface area (Å²) in [5.74, 6) is 1.47. The molecule has 1 saturated heterocycles. The Morgan fingerprint density at radius 1 is 1.29 bits per heavy atom. The molecule has 5 heteroatoms. The molecule has 1 heterocycles. The van der Waals surface area contributed by atoms with Gasteiger partial charge in [-0.05, 0) is 38.3 Å². The van der Waals surface area contributed by atoms with E-state index < -0.39 is 12.6 Å². The molecule has 0 radical (unpaired) electrons. The fourth-order valence-electron chi connectivity index (χ4n) is 3.25. The van der Waals surface area contributed by atoms with E-state index in [0.717, 1.165) is 19.0 Å². The predicted molar refractivity (Wildman–Crippen MR) is 60.8 cm³/mol. The van der Waals surface area contributed by atoms with Crippen LogP contribution in [0.3, 0.4) is 0 Å². The summed E-state index contributed by atoms with van der Waals surface area (Å²) in [5.41, 5.74) is 0. The van der Waals surface area contributed by atoms with E-state index in [1.807, 2.05) is 4.90 Å². The Morgan fingerprint density at radius 2 is 2.06 bits per heavy atom. The summed E-state index contributed by atoms with van der Waals surface area (Å²) in [5, 5.41) is 3.46. The van der Waals surface area contributed by atoms with Crippen LogP contribution in [0, 0.1) is 11.8 Å². The van der Waals surface area contributed by atoms with Crippen LogP contribution in [0.5, 0.6) is 0 Å². The Labute approximate surface area is 101 Å². The molecule has 0 aromatic rings. The largest absolute Gasteiger partial charge is 0.390 e. The minimum atomic E-state index is -4.03. The Hall–Kier alpha value is -0.290. The van der Waals surface area contributed by atoms with Crippen LogP contribution in [0.1, 0.15) is 25.7 Å². The van der Waals surface area contributed by atoms with Crippen LogP contribution >= 0.6 is 0 Å². The molecular formula is C12H21F3N2. The molecule has 2 aliphatic rings. The number of hydrogen-bond acceptors (Lipinski definition) is 2. The van der Waals surface area contributed by atoms with E-state index in [4.69, 9.17) is 0 Å². The smallest absolute Gasteiger partial charge is 0.312 e. The molecule has 1 N–H and O–H groups in total. The summed E-state index contributed by atoms with van der Waals surface area (Å²) in [7, 11) is 1.79. The third-order valence-electron chi connectivity index (χ3n) is 4.16. The van der Waals surface area contributed by atoms with E-state index in [1.165, 1.54) is 19.3 Å². The zero-order valence-electron chi connectivity index (χ0n) is 10.3. The van der Waals surface area contributed by atoms with Crippen LogP contribution in [-0.4, -0.2) is 43.8 Å². The van der Waals surface area contributed by atoms with E-state index in [2.05, 4.69) is 5.32 Å². The predicted octanol–water partition coefficient (Wildman–Crippen LogP) is 2.26. The SMILES string of the molecule is CN(CCC(F)(F)F)CC1NCC2CCCC21. The van der Waals surface area contributed by atoms with Crippen LogP contribution < -0.4 is 5.32 Å². The molecular weight excluding hydrogens is 229 g/mol. The van der Waals surface area contributed by atoms with Crippen molar-refractivity contribution in [3.05, 3.63) is 0 Å². The first-order valence-corrected chi connectivity index (χ1v) is 6.44. The highest BCUT2D eigenvalue weighted by atomic mass is 19.4. The number of halogens is 3. The lowest BCUT2D eigenvalue weighted by Crippen LogP contribution is -2.40. The van der Waals surface area contributed by atoms with Crippen molar-refractivity contribution in [2.24, 2.45) is 11.8 Å². The number of alkyl halides is 3. The van der Waals surface area contributed by atoms with Gasteiger partial charge in [-0.1, -0.05) is 6.42 Å². The molecule has 0 bridgehead atoms. The quantitative estimate of drug-likeness (QED) is 0.823. The standard InChI is InChI=1S/C12H21F3N2/c1-17(6-5-12(13,14)15)8-11-10-4-2-3-9(10)7-16-11/h9-11,16H,2-8H2,1H3. The lowest BCUT2D eigenvalue weighted by Gasteiger charge is -2.25. The summed E-state index contributed by atoms with van der Waals surface area (Å²) in [4.78, 5) is 1.81. The zero-order valence-corrected chi connectivity index (χ0v) is 10.3. The third kappa shape index (κ3) is 3.58. The highest BCUT2D eigenvalue weighted by molar-refractivity contribution is 4.95. The molecule has 3 atom stereocenters. The molecule has 2 nitrogen and oxygen atoms in total. The van der Waals surface area contributed by atoms with Gasteiger partial charge in [-0.25, -0.2) is 0 Å². The molecule has 0 spiro atoms. The van der Waals surface area contributed by atoms with Crippen molar-refractivity contribution >= 4 is 0 Å². The average molecular weight is 250 g/mol. The van der Waals surface area contributed by atoms with Crippen molar-refractivity contribution in [2.45, 2.75) is 37.9 Å². The number of likely N-dealkylation sites (N-methyl/N-ethyl adjacent to an activating group) is 1. The molecule has 3 unspecified atom stereocenters. The summed E-state index contributed by atoms with van der Waals surface area (Å²) in [6.07, 6.45) is -0.909. The molecule has 100 valence electrons. The highest BCUT2D eigenvalue weighted by Gasteiger charge is 2.39. The molecule has 1 aliphatic heterocycles. The summed E-state index contributed by atoms with van der Waals surface area (Å²) in [6, 6.07) is 0.403. The molecule has 17 heavy (non-hydrogen) atoms. The molecule has 0 aromatic heterocycles. The number of nitrogens with zero attached hydrogens (tertiary/aromatic N) is 1. The number of fused-ring (bicyclic) bond motifs is 1. The number of nitrogens with one attached hydrogen (secondary N) is 1. The van der Waals surface area contributed by atoms with Crippen molar-refractivity contribution < 1.29 is 13.2 Å². The number of rotatable bonds is 4. The van der Waals surface area contributed by atoms with Gasteiger partial charge in [0.25, 0.3) is 0 Å². The van der Waals surface area contributed by atoms with Crippen LogP contribution in [0.25, 0.3) is 0 Å². The van der Waals surface area contributed by atoms with Gasteiger partial charge in [0, 0.05) is 19.1 Å². The first-order chi connectivity index (χ1) is 7.96. The highest BCUT2D eigenvalue weighted by Crippen LogP contribution is 2.37. The fourth-order valence-corrected chi connectivity index (χ4v) is 3.25. The first kappa shape index (κ1) is 13.1. The van der Waals surface area contributed by atoms with Crippen LogP contribution in [0.4, 0.5) is 13.2 Å². The van der Waals surface area contributed by atoms with Gasteiger partial charge in [0.15, 0.2) is 0 Å². The number of hydrogen-bond donors (Lipinski definition) is 1. The third-order valence-corrected chi connectivity index (χ3v) is 4.16. The Balaban J connectivity index is 1.73.